The first-order valence-electron chi connectivity index (χ1n) is 6.70. The number of nitrogens with one attached hydrogen (secondary N) is 1. The van der Waals surface area contributed by atoms with Gasteiger partial charge in [-0.3, -0.25) is 4.79 Å². The predicted octanol–water partition coefficient (Wildman–Crippen LogP) is 3.25. The lowest BCUT2D eigenvalue weighted by Crippen LogP contribution is -2.30. The van der Waals surface area contributed by atoms with E-state index in [-0.39, 0.29) is 0 Å². The van der Waals surface area contributed by atoms with Gasteiger partial charge in [0.05, 0.1) is 18.4 Å². The third-order valence-corrected chi connectivity index (χ3v) is 3.71. The number of anilines is 1. The van der Waals surface area contributed by atoms with E-state index in [1.807, 2.05) is 13.0 Å². The van der Waals surface area contributed by atoms with Gasteiger partial charge in [-0.25, -0.2) is 4.79 Å². The number of ether oxygens (including phenoxy) is 2. The molecular formula is C16H17NO4S. The van der Waals surface area contributed by atoms with Crippen LogP contribution in [0.2, 0.25) is 0 Å². The summed E-state index contributed by atoms with van der Waals surface area (Å²) in [6.45, 7) is 3.44. The summed E-state index contributed by atoms with van der Waals surface area (Å²) in [7, 11) is 1.53. The number of amides is 1. The van der Waals surface area contributed by atoms with Crippen molar-refractivity contribution in [1.29, 1.82) is 0 Å². The van der Waals surface area contributed by atoms with Crippen LogP contribution in [-0.4, -0.2) is 25.1 Å². The summed E-state index contributed by atoms with van der Waals surface area (Å²) in [6.07, 6.45) is -0.905. The van der Waals surface area contributed by atoms with E-state index in [9.17, 15) is 9.59 Å². The fraction of sp³-hybridized carbons (Fsp3) is 0.250. The molecule has 0 saturated heterocycles. The second kappa shape index (κ2) is 7.09. The van der Waals surface area contributed by atoms with Crippen LogP contribution in [0.15, 0.2) is 35.0 Å². The molecule has 1 aromatic heterocycles. The van der Waals surface area contributed by atoms with E-state index in [4.69, 9.17) is 9.47 Å². The fourth-order valence-corrected chi connectivity index (χ4v) is 2.44. The van der Waals surface area contributed by atoms with Crippen molar-refractivity contribution in [2.45, 2.75) is 20.0 Å². The average Bonchev–Trinajstić information content (AvgIpc) is 3.01. The second-order valence-corrected chi connectivity index (χ2v) is 5.53. The van der Waals surface area contributed by atoms with Gasteiger partial charge in [0.1, 0.15) is 5.75 Å². The van der Waals surface area contributed by atoms with Crippen molar-refractivity contribution in [3.8, 4) is 5.75 Å². The Labute approximate surface area is 132 Å². The Hall–Kier alpha value is -2.34. The molecule has 1 heterocycles. The van der Waals surface area contributed by atoms with E-state index in [2.05, 4.69) is 5.32 Å². The maximum absolute atomic E-state index is 12.2. The largest absolute Gasteiger partial charge is 0.495 e. The molecule has 5 nitrogen and oxygen atoms in total. The third kappa shape index (κ3) is 3.85. The average molecular weight is 319 g/mol. The Bertz CT molecular complexity index is 667. The highest BCUT2D eigenvalue weighted by Crippen LogP contribution is 2.25. The van der Waals surface area contributed by atoms with E-state index >= 15 is 0 Å². The Kier molecular flexibility index (Phi) is 5.16. The number of carbonyl (C=O) groups excluding carboxylic acids is 2. The molecule has 1 amide bonds. The van der Waals surface area contributed by atoms with Gasteiger partial charge in [0.25, 0.3) is 5.91 Å². The lowest BCUT2D eigenvalue weighted by atomic mass is 10.2. The number of aryl methyl sites for hydroxylation is 1. The van der Waals surface area contributed by atoms with Gasteiger partial charge in [-0.2, -0.15) is 11.3 Å². The molecular weight excluding hydrogens is 302 g/mol. The Morgan fingerprint density at radius 2 is 2.05 bits per heavy atom. The zero-order chi connectivity index (χ0) is 16.1. The number of hydrogen-bond acceptors (Lipinski definition) is 5. The first kappa shape index (κ1) is 16.0. The Balaban J connectivity index is 2.02. The van der Waals surface area contributed by atoms with E-state index < -0.39 is 18.0 Å². The summed E-state index contributed by atoms with van der Waals surface area (Å²) >= 11 is 1.39. The summed E-state index contributed by atoms with van der Waals surface area (Å²) in [6, 6.07) is 7.10. The van der Waals surface area contributed by atoms with Crippen LogP contribution >= 0.6 is 11.3 Å². The number of rotatable bonds is 5. The van der Waals surface area contributed by atoms with Crippen molar-refractivity contribution in [3.63, 3.8) is 0 Å². The summed E-state index contributed by atoms with van der Waals surface area (Å²) in [4.78, 5) is 24.0. The lowest BCUT2D eigenvalue weighted by molar-refractivity contribution is -0.123. The van der Waals surface area contributed by atoms with Crippen LogP contribution in [0.5, 0.6) is 5.75 Å². The van der Waals surface area contributed by atoms with Crippen LogP contribution in [0.25, 0.3) is 0 Å². The quantitative estimate of drug-likeness (QED) is 0.859. The molecule has 1 N–H and O–H groups in total. The Morgan fingerprint density at radius 1 is 1.27 bits per heavy atom. The highest BCUT2D eigenvalue weighted by Gasteiger charge is 2.20. The number of hydrogen-bond donors (Lipinski definition) is 1. The van der Waals surface area contributed by atoms with Crippen molar-refractivity contribution in [1.82, 2.24) is 0 Å². The topological polar surface area (TPSA) is 64.6 Å². The molecule has 0 aliphatic rings. The van der Waals surface area contributed by atoms with Crippen LogP contribution in [-0.2, 0) is 9.53 Å². The number of carbonyl (C=O) groups is 2. The van der Waals surface area contributed by atoms with E-state index in [1.165, 1.54) is 25.4 Å². The molecule has 2 aromatic rings. The molecule has 1 unspecified atom stereocenters. The van der Waals surface area contributed by atoms with Crippen LogP contribution < -0.4 is 10.1 Å². The predicted molar refractivity (Wildman–Crippen MR) is 85.6 cm³/mol. The standard InChI is InChI=1S/C16H17NO4S/c1-10-4-5-14(20-3)13(8-10)17-15(18)11(2)21-16(19)12-6-7-22-9-12/h4-9,11H,1-3H3,(H,17,18). The van der Waals surface area contributed by atoms with Crippen LogP contribution in [0.3, 0.4) is 0 Å². The molecule has 0 fully saturated rings. The molecule has 0 aliphatic heterocycles. The van der Waals surface area contributed by atoms with Gasteiger partial charge >= 0.3 is 5.97 Å². The number of thiophene rings is 1. The highest BCUT2D eigenvalue weighted by molar-refractivity contribution is 7.08. The van der Waals surface area contributed by atoms with Crippen molar-refractivity contribution in [2.75, 3.05) is 12.4 Å². The van der Waals surface area contributed by atoms with Crippen molar-refractivity contribution in [3.05, 3.63) is 46.2 Å². The fourth-order valence-electron chi connectivity index (χ4n) is 1.82. The van der Waals surface area contributed by atoms with Crippen molar-refractivity contribution in [2.24, 2.45) is 0 Å². The van der Waals surface area contributed by atoms with Gasteiger partial charge in [-0.15, -0.1) is 0 Å². The van der Waals surface area contributed by atoms with E-state index in [1.54, 1.807) is 29.0 Å². The first-order valence-corrected chi connectivity index (χ1v) is 7.64. The second-order valence-electron chi connectivity index (χ2n) is 4.75. The highest BCUT2D eigenvalue weighted by atomic mass is 32.1. The van der Waals surface area contributed by atoms with Crippen molar-refractivity contribution < 1.29 is 19.1 Å². The summed E-state index contributed by atoms with van der Waals surface area (Å²) in [5.41, 5.74) is 1.97. The molecule has 1 aromatic carbocycles. The molecule has 0 saturated carbocycles. The monoisotopic (exact) mass is 319 g/mol. The van der Waals surface area contributed by atoms with Gasteiger partial charge in [0.15, 0.2) is 6.10 Å². The molecule has 2 rings (SSSR count). The smallest absolute Gasteiger partial charge is 0.339 e. The van der Waals surface area contributed by atoms with Gasteiger partial charge in [-0.1, -0.05) is 6.07 Å². The molecule has 0 bridgehead atoms. The molecule has 0 spiro atoms. The normalized spacial score (nSPS) is 11.6. The zero-order valence-electron chi connectivity index (χ0n) is 12.6. The van der Waals surface area contributed by atoms with Gasteiger partial charge in [0.2, 0.25) is 0 Å². The van der Waals surface area contributed by atoms with Gasteiger partial charge in [-0.05, 0) is 43.0 Å². The number of benzene rings is 1. The minimum Gasteiger partial charge on any atom is -0.495 e. The maximum Gasteiger partial charge on any atom is 0.339 e. The van der Waals surface area contributed by atoms with Gasteiger partial charge in [0, 0.05) is 5.38 Å². The molecule has 22 heavy (non-hydrogen) atoms. The first-order chi connectivity index (χ1) is 10.5. The third-order valence-electron chi connectivity index (χ3n) is 3.02. The molecule has 1 atom stereocenters. The lowest BCUT2D eigenvalue weighted by Gasteiger charge is -2.15. The van der Waals surface area contributed by atoms with Gasteiger partial charge < -0.3 is 14.8 Å². The Morgan fingerprint density at radius 3 is 2.68 bits per heavy atom. The van der Waals surface area contributed by atoms with E-state index in [0.717, 1.165) is 5.56 Å². The van der Waals surface area contributed by atoms with E-state index in [0.29, 0.717) is 17.0 Å². The van der Waals surface area contributed by atoms with Crippen molar-refractivity contribution >= 4 is 28.9 Å². The zero-order valence-corrected chi connectivity index (χ0v) is 13.4. The maximum atomic E-state index is 12.2. The minimum absolute atomic E-state index is 0.410. The number of esters is 1. The van der Waals surface area contributed by atoms with Crippen LogP contribution in [0.1, 0.15) is 22.8 Å². The molecule has 116 valence electrons. The van der Waals surface area contributed by atoms with Crippen LogP contribution in [0.4, 0.5) is 5.69 Å². The summed E-state index contributed by atoms with van der Waals surface area (Å²) < 4.78 is 10.3. The minimum atomic E-state index is -0.905. The van der Waals surface area contributed by atoms with Crippen LogP contribution in [0, 0.1) is 6.92 Å². The molecule has 6 heteroatoms. The molecule has 0 radical (unpaired) electrons. The SMILES string of the molecule is COc1ccc(C)cc1NC(=O)C(C)OC(=O)c1ccsc1. The summed E-state index contributed by atoms with van der Waals surface area (Å²) in [5.74, 6) is -0.372. The molecule has 0 aliphatic carbocycles. The summed E-state index contributed by atoms with van der Waals surface area (Å²) in [5, 5.41) is 6.17. The number of methoxy groups -OCH3 is 1.